The lowest BCUT2D eigenvalue weighted by Gasteiger charge is -2.01. The summed E-state index contributed by atoms with van der Waals surface area (Å²) in [6.07, 6.45) is 5.86. The molecule has 0 radical (unpaired) electrons. The number of benzene rings is 1. The molecule has 0 saturated carbocycles. The van der Waals surface area contributed by atoms with Gasteiger partial charge in [0.15, 0.2) is 0 Å². The molecule has 0 spiro atoms. The lowest BCUT2D eigenvalue weighted by molar-refractivity contribution is -0.142. The Morgan fingerprint density at radius 2 is 2.33 bits per heavy atom. The third-order valence-electron chi connectivity index (χ3n) is 2.71. The quantitative estimate of drug-likeness (QED) is 0.841. The van der Waals surface area contributed by atoms with E-state index in [9.17, 15) is 4.79 Å². The summed E-state index contributed by atoms with van der Waals surface area (Å²) in [5.41, 5.74) is 3.26. The molecular weight excluding hydrogens is 228 g/mol. The maximum atomic E-state index is 11.2. The normalized spacial score (nSPS) is 11.2. The van der Waals surface area contributed by atoms with Crippen molar-refractivity contribution in [1.82, 2.24) is 10.2 Å². The van der Waals surface area contributed by atoms with Crippen LogP contribution in [-0.4, -0.2) is 22.8 Å². The minimum Gasteiger partial charge on any atom is -0.466 e. The molecule has 0 saturated heterocycles. The summed E-state index contributed by atoms with van der Waals surface area (Å²) in [4.78, 5) is 11.2. The molecule has 18 heavy (non-hydrogen) atoms. The van der Waals surface area contributed by atoms with E-state index in [1.807, 2.05) is 25.1 Å². The predicted molar refractivity (Wildman–Crippen MR) is 71.1 cm³/mol. The Hall–Kier alpha value is -2.10. The van der Waals surface area contributed by atoms with Crippen LogP contribution in [0.2, 0.25) is 0 Å². The summed E-state index contributed by atoms with van der Waals surface area (Å²) in [6.45, 7) is 4.26. The van der Waals surface area contributed by atoms with Gasteiger partial charge in [-0.1, -0.05) is 12.2 Å². The molecule has 0 aliphatic rings. The van der Waals surface area contributed by atoms with Gasteiger partial charge in [-0.3, -0.25) is 9.89 Å². The lowest BCUT2D eigenvalue weighted by atomic mass is 10.1. The Morgan fingerprint density at radius 1 is 1.50 bits per heavy atom. The van der Waals surface area contributed by atoms with E-state index >= 15 is 0 Å². The number of carbonyl (C=O) groups excluding carboxylic acids is 1. The molecule has 1 N–H and O–H groups in total. The van der Waals surface area contributed by atoms with Crippen molar-refractivity contribution in [2.75, 3.05) is 6.61 Å². The summed E-state index contributed by atoms with van der Waals surface area (Å²) in [7, 11) is 0. The van der Waals surface area contributed by atoms with Gasteiger partial charge in [-0.25, -0.2) is 0 Å². The van der Waals surface area contributed by atoms with Crippen LogP contribution in [0, 0.1) is 6.92 Å². The van der Waals surface area contributed by atoms with Crippen molar-refractivity contribution >= 4 is 22.9 Å². The van der Waals surface area contributed by atoms with Crippen molar-refractivity contribution in [3.8, 4) is 0 Å². The highest BCUT2D eigenvalue weighted by atomic mass is 16.5. The number of H-pyrrole nitrogens is 1. The van der Waals surface area contributed by atoms with Crippen LogP contribution in [0.3, 0.4) is 0 Å². The first-order valence-corrected chi connectivity index (χ1v) is 5.96. The maximum Gasteiger partial charge on any atom is 0.309 e. The van der Waals surface area contributed by atoms with Gasteiger partial charge < -0.3 is 4.74 Å². The lowest BCUT2D eigenvalue weighted by Crippen LogP contribution is -2.01. The zero-order valence-corrected chi connectivity index (χ0v) is 10.6. The van der Waals surface area contributed by atoms with Crippen molar-refractivity contribution in [1.29, 1.82) is 0 Å². The van der Waals surface area contributed by atoms with E-state index in [2.05, 4.69) is 16.3 Å². The number of carbonyl (C=O) groups is 1. The second-order valence-corrected chi connectivity index (χ2v) is 4.08. The van der Waals surface area contributed by atoms with Crippen molar-refractivity contribution in [3.63, 3.8) is 0 Å². The number of ether oxygens (including phenoxy) is 1. The van der Waals surface area contributed by atoms with Gasteiger partial charge in [0, 0.05) is 5.39 Å². The zero-order chi connectivity index (χ0) is 13.0. The predicted octanol–water partition coefficient (Wildman–Crippen LogP) is 2.84. The molecule has 0 unspecified atom stereocenters. The number of hydrogen-bond acceptors (Lipinski definition) is 3. The molecule has 94 valence electrons. The molecule has 2 aromatic rings. The Balaban J connectivity index is 2.13. The van der Waals surface area contributed by atoms with Crippen LogP contribution >= 0.6 is 0 Å². The fourth-order valence-electron chi connectivity index (χ4n) is 1.80. The van der Waals surface area contributed by atoms with Gasteiger partial charge in [-0.05, 0) is 37.1 Å². The van der Waals surface area contributed by atoms with Gasteiger partial charge in [-0.15, -0.1) is 0 Å². The number of rotatable bonds is 4. The largest absolute Gasteiger partial charge is 0.466 e. The molecule has 4 nitrogen and oxygen atoms in total. The Kier molecular flexibility index (Phi) is 3.77. The van der Waals surface area contributed by atoms with Crippen molar-refractivity contribution in [2.24, 2.45) is 0 Å². The van der Waals surface area contributed by atoms with Gasteiger partial charge in [0.2, 0.25) is 0 Å². The molecule has 0 amide bonds. The molecule has 1 heterocycles. The van der Waals surface area contributed by atoms with Crippen molar-refractivity contribution in [2.45, 2.75) is 20.3 Å². The number of aryl methyl sites for hydroxylation is 1. The van der Waals surface area contributed by atoms with E-state index in [-0.39, 0.29) is 5.97 Å². The standard InChI is InChI=1S/C14H16N2O2/c1-3-18-14(17)6-4-5-11-8-12-9-15-16-13(12)7-10(11)2/h4-5,7-9H,3,6H2,1-2H3,(H,15,16). The van der Waals surface area contributed by atoms with E-state index in [0.717, 1.165) is 22.0 Å². The van der Waals surface area contributed by atoms with Gasteiger partial charge >= 0.3 is 5.97 Å². The Morgan fingerprint density at radius 3 is 3.11 bits per heavy atom. The van der Waals surface area contributed by atoms with E-state index in [1.54, 1.807) is 13.1 Å². The third-order valence-corrected chi connectivity index (χ3v) is 2.71. The summed E-state index contributed by atoms with van der Waals surface area (Å²) < 4.78 is 4.86. The van der Waals surface area contributed by atoms with Gasteiger partial charge in [0.05, 0.1) is 24.7 Å². The van der Waals surface area contributed by atoms with Gasteiger partial charge in [0.25, 0.3) is 0 Å². The Labute approximate surface area is 106 Å². The molecule has 0 aliphatic carbocycles. The van der Waals surface area contributed by atoms with Crippen LogP contribution in [0.4, 0.5) is 0 Å². The van der Waals surface area contributed by atoms with Crippen LogP contribution in [-0.2, 0) is 9.53 Å². The number of fused-ring (bicyclic) bond motifs is 1. The fourth-order valence-corrected chi connectivity index (χ4v) is 1.80. The van der Waals surface area contributed by atoms with Crippen LogP contribution in [0.5, 0.6) is 0 Å². The number of nitrogens with one attached hydrogen (secondary N) is 1. The van der Waals surface area contributed by atoms with E-state index in [4.69, 9.17) is 4.74 Å². The van der Waals surface area contributed by atoms with Gasteiger partial charge in [-0.2, -0.15) is 5.10 Å². The number of aromatic nitrogens is 2. The summed E-state index contributed by atoms with van der Waals surface area (Å²) in [5.74, 6) is -0.198. The molecule has 0 aliphatic heterocycles. The highest BCUT2D eigenvalue weighted by molar-refractivity contribution is 5.82. The Bertz CT molecular complexity index is 584. The van der Waals surface area contributed by atoms with Crippen LogP contribution in [0.25, 0.3) is 17.0 Å². The summed E-state index contributed by atoms with van der Waals surface area (Å²) in [5, 5.41) is 7.99. The van der Waals surface area contributed by atoms with E-state index in [1.165, 1.54) is 0 Å². The second-order valence-electron chi connectivity index (χ2n) is 4.08. The number of aromatic amines is 1. The molecule has 1 aromatic carbocycles. The van der Waals surface area contributed by atoms with Crippen molar-refractivity contribution in [3.05, 3.63) is 35.5 Å². The summed E-state index contributed by atoms with van der Waals surface area (Å²) >= 11 is 0. The van der Waals surface area contributed by atoms with Crippen LogP contribution in [0.15, 0.2) is 24.4 Å². The zero-order valence-electron chi connectivity index (χ0n) is 10.6. The molecule has 2 rings (SSSR count). The fraction of sp³-hybridized carbons (Fsp3) is 0.286. The molecular formula is C14H16N2O2. The average molecular weight is 244 g/mol. The molecule has 1 aromatic heterocycles. The van der Waals surface area contributed by atoms with Crippen LogP contribution < -0.4 is 0 Å². The minimum absolute atomic E-state index is 0.198. The number of nitrogens with zero attached hydrogens (tertiary/aromatic N) is 1. The van der Waals surface area contributed by atoms with E-state index in [0.29, 0.717) is 13.0 Å². The molecule has 0 atom stereocenters. The first-order valence-electron chi connectivity index (χ1n) is 5.96. The SMILES string of the molecule is CCOC(=O)CC=Cc1cc2cn[nH]c2cc1C. The highest BCUT2D eigenvalue weighted by Crippen LogP contribution is 2.18. The van der Waals surface area contributed by atoms with Crippen LogP contribution in [0.1, 0.15) is 24.5 Å². The number of esters is 1. The number of hydrogen-bond donors (Lipinski definition) is 1. The first kappa shape index (κ1) is 12.4. The molecule has 0 bridgehead atoms. The first-order chi connectivity index (χ1) is 8.70. The highest BCUT2D eigenvalue weighted by Gasteiger charge is 2.01. The topological polar surface area (TPSA) is 55.0 Å². The minimum atomic E-state index is -0.198. The third kappa shape index (κ3) is 2.77. The van der Waals surface area contributed by atoms with Gasteiger partial charge in [0.1, 0.15) is 0 Å². The smallest absolute Gasteiger partial charge is 0.309 e. The van der Waals surface area contributed by atoms with E-state index < -0.39 is 0 Å². The monoisotopic (exact) mass is 244 g/mol. The maximum absolute atomic E-state index is 11.2. The average Bonchev–Trinajstić information content (AvgIpc) is 2.76. The second kappa shape index (κ2) is 5.49. The summed E-state index contributed by atoms with van der Waals surface area (Å²) in [6, 6.07) is 4.10. The molecule has 0 fully saturated rings. The molecule has 4 heteroatoms. The van der Waals surface area contributed by atoms with Crippen molar-refractivity contribution < 1.29 is 9.53 Å².